The van der Waals surface area contributed by atoms with Gasteiger partial charge in [-0.1, -0.05) is 84.9 Å². The van der Waals surface area contributed by atoms with E-state index in [1.54, 1.807) is 6.07 Å². The fourth-order valence-corrected chi connectivity index (χ4v) is 5.93. The van der Waals surface area contributed by atoms with Gasteiger partial charge in [-0.2, -0.15) is 0 Å². The van der Waals surface area contributed by atoms with Crippen molar-refractivity contribution in [1.82, 2.24) is 5.32 Å². The molecule has 0 radical (unpaired) electrons. The Bertz CT molecular complexity index is 1740. The number of aryl methyl sites for hydroxylation is 1. The monoisotopic (exact) mass is 539 g/mol. The van der Waals surface area contributed by atoms with Crippen molar-refractivity contribution in [2.45, 2.75) is 32.4 Å². The second-order valence-electron chi connectivity index (χ2n) is 10.7. The molecule has 1 heterocycles. The fraction of sp³-hybridized carbons (Fsp3) is 0.167. The Labute approximate surface area is 240 Å². The van der Waals surface area contributed by atoms with E-state index in [-0.39, 0.29) is 11.9 Å². The molecule has 41 heavy (non-hydrogen) atoms. The Hall–Kier alpha value is -4.90. The van der Waals surface area contributed by atoms with Crippen molar-refractivity contribution in [2.24, 2.45) is 5.73 Å². The summed E-state index contributed by atoms with van der Waals surface area (Å²) in [7, 11) is 0. The highest BCUT2D eigenvalue weighted by Gasteiger charge is 2.20. The maximum absolute atomic E-state index is 13.3. The van der Waals surface area contributed by atoms with Gasteiger partial charge in [0.25, 0.3) is 5.91 Å². The molecule has 0 saturated heterocycles. The van der Waals surface area contributed by atoms with Crippen molar-refractivity contribution in [3.05, 3.63) is 137 Å². The van der Waals surface area contributed by atoms with Gasteiger partial charge in [0.05, 0.1) is 6.04 Å². The van der Waals surface area contributed by atoms with Crippen LogP contribution in [0.1, 0.15) is 56.8 Å². The summed E-state index contributed by atoms with van der Waals surface area (Å²) in [5.41, 5.74) is 13.3. The fourth-order valence-electron chi connectivity index (χ4n) is 5.93. The van der Waals surface area contributed by atoms with Crippen LogP contribution in [0.2, 0.25) is 0 Å². The molecule has 5 aromatic carbocycles. The quantitative estimate of drug-likeness (QED) is 0.233. The highest BCUT2D eigenvalue weighted by Crippen LogP contribution is 2.31. The van der Waals surface area contributed by atoms with Crippen molar-refractivity contribution in [2.75, 3.05) is 11.4 Å². The van der Waals surface area contributed by atoms with Gasteiger partial charge < -0.3 is 16.0 Å². The van der Waals surface area contributed by atoms with Crippen LogP contribution in [0.4, 0.5) is 5.69 Å². The van der Waals surface area contributed by atoms with Crippen LogP contribution in [0.3, 0.4) is 0 Å². The lowest BCUT2D eigenvalue weighted by molar-refractivity contribution is 0.0939. The molecule has 0 unspecified atom stereocenters. The van der Waals surface area contributed by atoms with Crippen molar-refractivity contribution in [3.8, 4) is 11.1 Å². The van der Waals surface area contributed by atoms with Gasteiger partial charge in [0, 0.05) is 29.9 Å². The summed E-state index contributed by atoms with van der Waals surface area (Å²) in [6.45, 7) is 3.77. The van der Waals surface area contributed by atoms with Gasteiger partial charge in [-0.15, -0.1) is 0 Å². The predicted molar refractivity (Wildman–Crippen MR) is 166 cm³/mol. The molecular formula is C36H33N3O2. The van der Waals surface area contributed by atoms with Gasteiger partial charge in [-0.05, 0) is 82.6 Å². The number of hydrogen-bond donors (Lipinski definition) is 2. The lowest BCUT2D eigenvalue weighted by Gasteiger charge is -2.32. The molecule has 5 heteroatoms. The van der Waals surface area contributed by atoms with E-state index in [1.807, 2.05) is 61.5 Å². The number of amides is 2. The standard InChI is InChI=1S/C36H33N3O2/c1-24(30-14-6-9-26-8-2-3-11-31(26)30)38-36(41)29-19-20-34-28(22-29)10-7-21-39(34)23-25-15-17-27(18-16-25)32-12-4-5-13-33(32)35(37)40/h2-6,8-9,11-20,22,24H,7,10,21,23H2,1H3,(H2,37,40)(H,38,41)/t24-/m0/s1. The lowest BCUT2D eigenvalue weighted by Crippen LogP contribution is -2.30. The minimum absolute atomic E-state index is 0.0582. The van der Waals surface area contributed by atoms with Crippen LogP contribution in [0.25, 0.3) is 21.9 Å². The van der Waals surface area contributed by atoms with Crippen LogP contribution < -0.4 is 16.0 Å². The number of fused-ring (bicyclic) bond motifs is 2. The first kappa shape index (κ1) is 26.3. The first-order chi connectivity index (χ1) is 20.0. The number of carbonyl (C=O) groups excluding carboxylic acids is 2. The third-order valence-electron chi connectivity index (χ3n) is 8.02. The van der Waals surface area contributed by atoms with Crippen molar-refractivity contribution >= 4 is 28.3 Å². The predicted octanol–water partition coefficient (Wildman–Crippen LogP) is 7.05. The molecule has 2 amide bonds. The normalized spacial score (nSPS) is 13.4. The number of nitrogens with one attached hydrogen (secondary N) is 1. The number of anilines is 1. The molecule has 6 rings (SSSR count). The molecule has 1 atom stereocenters. The number of primary amides is 1. The van der Waals surface area contributed by atoms with Crippen molar-refractivity contribution < 1.29 is 9.59 Å². The summed E-state index contributed by atoms with van der Waals surface area (Å²) in [4.78, 5) is 27.5. The molecule has 0 fully saturated rings. The molecule has 0 bridgehead atoms. The highest BCUT2D eigenvalue weighted by atomic mass is 16.2. The Morgan fingerprint density at radius 3 is 2.46 bits per heavy atom. The Morgan fingerprint density at radius 1 is 0.878 bits per heavy atom. The Morgan fingerprint density at radius 2 is 1.63 bits per heavy atom. The lowest BCUT2D eigenvalue weighted by atomic mass is 9.96. The van der Waals surface area contributed by atoms with Gasteiger partial charge in [-0.3, -0.25) is 9.59 Å². The third kappa shape index (κ3) is 5.44. The molecule has 0 saturated carbocycles. The van der Waals surface area contributed by atoms with Gasteiger partial charge in [0.15, 0.2) is 0 Å². The summed E-state index contributed by atoms with van der Waals surface area (Å²) < 4.78 is 0. The molecule has 0 aromatic heterocycles. The van der Waals surface area contributed by atoms with Gasteiger partial charge >= 0.3 is 0 Å². The van der Waals surface area contributed by atoms with E-state index in [2.05, 4.69) is 58.7 Å². The summed E-state index contributed by atoms with van der Waals surface area (Å²) in [5, 5.41) is 5.54. The average molecular weight is 540 g/mol. The van der Waals surface area contributed by atoms with Crippen LogP contribution >= 0.6 is 0 Å². The summed E-state index contributed by atoms with van der Waals surface area (Å²) >= 11 is 0. The van der Waals surface area contributed by atoms with Crippen LogP contribution in [-0.2, 0) is 13.0 Å². The van der Waals surface area contributed by atoms with E-state index >= 15 is 0 Å². The van der Waals surface area contributed by atoms with Crippen LogP contribution in [0.5, 0.6) is 0 Å². The second-order valence-corrected chi connectivity index (χ2v) is 10.7. The van der Waals surface area contributed by atoms with Crippen molar-refractivity contribution in [3.63, 3.8) is 0 Å². The molecule has 1 aliphatic rings. The van der Waals surface area contributed by atoms with E-state index in [1.165, 1.54) is 22.2 Å². The molecule has 5 aromatic rings. The zero-order valence-electron chi connectivity index (χ0n) is 23.1. The number of nitrogens with two attached hydrogens (primary N) is 1. The zero-order chi connectivity index (χ0) is 28.3. The Balaban J connectivity index is 1.17. The van der Waals surface area contributed by atoms with Crippen LogP contribution in [-0.4, -0.2) is 18.4 Å². The average Bonchev–Trinajstić information content (AvgIpc) is 3.01. The van der Waals surface area contributed by atoms with Crippen molar-refractivity contribution in [1.29, 1.82) is 0 Å². The number of carbonyl (C=O) groups is 2. The number of benzene rings is 5. The molecular weight excluding hydrogens is 506 g/mol. The minimum atomic E-state index is -0.425. The molecule has 3 N–H and O–H groups in total. The maximum Gasteiger partial charge on any atom is 0.251 e. The van der Waals surface area contributed by atoms with E-state index in [9.17, 15) is 9.59 Å². The third-order valence-corrected chi connectivity index (χ3v) is 8.02. The largest absolute Gasteiger partial charge is 0.367 e. The molecule has 0 aliphatic carbocycles. The number of hydrogen-bond acceptors (Lipinski definition) is 3. The van der Waals surface area contributed by atoms with E-state index in [0.29, 0.717) is 11.1 Å². The highest BCUT2D eigenvalue weighted by molar-refractivity contribution is 6.00. The number of rotatable bonds is 7. The first-order valence-electron chi connectivity index (χ1n) is 14.1. The van der Waals surface area contributed by atoms with E-state index in [0.717, 1.165) is 48.0 Å². The summed E-state index contributed by atoms with van der Waals surface area (Å²) in [6, 6.07) is 36.2. The molecule has 204 valence electrons. The van der Waals surface area contributed by atoms with Gasteiger partial charge in [0.2, 0.25) is 5.91 Å². The van der Waals surface area contributed by atoms with Gasteiger partial charge in [0.1, 0.15) is 0 Å². The maximum atomic E-state index is 13.3. The second kappa shape index (κ2) is 11.3. The van der Waals surface area contributed by atoms with Crippen LogP contribution in [0, 0.1) is 0 Å². The molecule has 5 nitrogen and oxygen atoms in total. The zero-order valence-corrected chi connectivity index (χ0v) is 23.1. The number of nitrogens with zero attached hydrogens (tertiary/aromatic N) is 1. The summed E-state index contributed by atoms with van der Waals surface area (Å²) in [5.74, 6) is -0.483. The molecule has 1 aliphatic heterocycles. The van der Waals surface area contributed by atoms with E-state index in [4.69, 9.17) is 5.73 Å². The summed E-state index contributed by atoms with van der Waals surface area (Å²) in [6.07, 6.45) is 1.99. The van der Waals surface area contributed by atoms with Gasteiger partial charge in [-0.25, -0.2) is 0 Å². The molecule has 0 spiro atoms. The SMILES string of the molecule is C[C@H](NC(=O)c1ccc2c(c1)CCCN2Cc1ccc(-c2ccccc2C(N)=O)cc1)c1cccc2ccccc12. The first-order valence-corrected chi connectivity index (χ1v) is 14.1. The topological polar surface area (TPSA) is 75.4 Å². The minimum Gasteiger partial charge on any atom is -0.367 e. The van der Waals surface area contributed by atoms with Crippen LogP contribution in [0.15, 0.2) is 109 Å². The Kier molecular flexibility index (Phi) is 7.26. The smallest absolute Gasteiger partial charge is 0.251 e. The van der Waals surface area contributed by atoms with E-state index < -0.39 is 5.91 Å².